The maximum Gasteiger partial charge on any atom is 0.347 e. The SMILES string of the molecule is O=COC(=O)c1c(C(=O)O)c(C(=O)O)c(C(=O)O)c(C(=O)O)c1C(=O)O. The number of rotatable bonds is 7. The first-order valence-corrected chi connectivity index (χ1v) is 6.02. The van der Waals surface area contributed by atoms with Gasteiger partial charge in [0.1, 0.15) is 0 Å². The summed E-state index contributed by atoms with van der Waals surface area (Å²) in [5, 5.41) is 45.7. The van der Waals surface area contributed by atoms with Crippen LogP contribution in [0, 0.1) is 0 Å². The van der Waals surface area contributed by atoms with Crippen molar-refractivity contribution in [3.05, 3.63) is 33.4 Å². The molecule has 0 spiro atoms. The average Bonchev–Trinajstić information content (AvgIpc) is 2.51. The van der Waals surface area contributed by atoms with Crippen LogP contribution in [0.5, 0.6) is 0 Å². The van der Waals surface area contributed by atoms with Crippen molar-refractivity contribution in [2.75, 3.05) is 0 Å². The highest BCUT2D eigenvalue weighted by atomic mass is 16.6. The van der Waals surface area contributed by atoms with Gasteiger partial charge < -0.3 is 30.3 Å². The first-order valence-electron chi connectivity index (χ1n) is 6.02. The lowest BCUT2D eigenvalue weighted by atomic mass is 9.86. The zero-order valence-corrected chi connectivity index (χ0v) is 12.1. The fourth-order valence-electron chi connectivity index (χ4n) is 2.13. The van der Waals surface area contributed by atoms with E-state index in [4.69, 9.17) is 25.5 Å². The van der Waals surface area contributed by atoms with Gasteiger partial charge in [0.05, 0.1) is 33.4 Å². The van der Waals surface area contributed by atoms with Crippen LogP contribution in [0.4, 0.5) is 0 Å². The zero-order valence-electron chi connectivity index (χ0n) is 12.1. The highest BCUT2D eigenvalue weighted by Gasteiger charge is 2.41. The molecule has 13 heteroatoms. The Kier molecular flexibility index (Phi) is 5.38. The summed E-state index contributed by atoms with van der Waals surface area (Å²) in [4.78, 5) is 78.9. The van der Waals surface area contributed by atoms with Crippen LogP contribution in [0.1, 0.15) is 62.1 Å². The Morgan fingerprint density at radius 2 is 0.769 bits per heavy atom. The summed E-state index contributed by atoms with van der Waals surface area (Å²) < 4.78 is 3.80. The van der Waals surface area contributed by atoms with E-state index in [9.17, 15) is 33.6 Å². The van der Waals surface area contributed by atoms with Gasteiger partial charge in [-0.3, -0.25) is 4.79 Å². The number of carbonyl (C=O) groups is 7. The van der Waals surface area contributed by atoms with Crippen LogP contribution in [0.3, 0.4) is 0 Å². The van der Waals surface area contributed by atoms with Gasteiger partial charge in [-0.05, 0) is 0 Å². The second kappa shape index (κ2) is 7.08. The van der Waals surface area contributed by atoms with E-state index in [1.807, 2.05) is 0 Å². The predicted molar refractivity (Wildman–Crippen MR) is 72.7 cm³/mol. The summed E-state index contributed by atoms with van der Waals surface area (Å²) in [7, 11) is 0. The van der Waals surface area contributed by atoms with Crippen molar-refractivity contribution < 1.29 is 63.8 Å². The molecule has 0 aliphatic carbocycles. The van der Waals surface area contributed by atoms with Crippen molar-refractivity contribution in [1.82, 2.24) is 0 Å². The zero-order chi connectivity index (χ0) is 20.3. The van der Waals surface area contributed by atoms with Gasteiger partial charge in [0, 0.05) is 0 Å². The van der Waals surface area contributed by atoms with Crippen LogP contribution in [0.25, 0.3) is 0 Å². The molecule has 0 unspecified atom stereocenters. The van der Waals surface area contributed by atoms with E-state index >= 15 is 0 Å². The Hall–Kier alpha value is -4.29. The van der Waals surface area contributed by atoms with E-state index in [0.29, 0.717) is 0 Å². The van der Waals surface area contributed by atoms with E-state index in [2.05, 4.69) is 4.74 Å². The molecule has 1 rings (SSSR count). The summed E-state index contributed by atoms with van der Waals surface area (Å²) in [5.74, 6) is -13.4. The number of carbonyl (C=O) groups excluding carboxylic acids is 2. The summed E-state index contributed by atoms with van der Waals surface area (Å²) in [5.41, 5.74) is -9.97. The summed E-state index contributed by atoms with van der Waals surface area (Å²) in [6.07, 6.45) is 0. The van der Waals surface area contributed by atoms with Crippen LogP contribution in [0.15, 0.2) is 0 Å². The number of benzene rings is 1. The van der Waals surface area contributed by atoms with Crippen LogP contribution in [-0.4, -0.2) is 67.8 Å². The molecule has 0 heterocycles. The normalized spacial score (nSPS) is 9.85. The van der Waals surface area contributed by atoms with E-state index in [0.717, 1.165) is 0 Å². The molecule has 0 aliphatic rings. The van der Waals surface area contributed by atoms with Crippen molar-refractivity contribution in [2.45, 2.75) is 0 Å². The maximum absolute atomic E-state index is 11.8. The van der Waals surface area contributed by atoms with E-state index in [1.165, 1.54) is 0 Å². The van der Waals surface area contributed by atoms with Crippen LogP contribution < -0.4 is 0 Å². The molecule has 0 amide bonds. The molecular weight excluding hydrogens is 364 g/mol. The molecular formula is C13H6O13. The van der Waals surface area contributed by atoms with Crippen molar-refractivity contribution in [3.63, 3.8) is 0 Å². The highest BCUT2D eigenvalue weighted by Crippen LogP contribution is 2.30. The molecule has 0 atom stereocenters. The molecule has 5 N–H and O–H groups in total. The standard InChI is InChI=1S/C13H6O13/c14-1-26-13(25)7-5(11(21)22)3(9(17)18)2(8(15)16)4(10(19)20)6(7)12(23)24/h1H,(H,15,16)(H,17,18)(H,19,20)(H,21,22)(H,23,24). The second-order valence-corrected chi connectivity index (χ2v) is 4.28. The summed E-state index contributed by atoms with van der Waals surface area (Å²) >= 11 is 0. The third kappa shape index (κ3) is 3.16. The Morgan fingerprint density at radius 1 is 0.538 bits per heavy atom. The first kappa shape index (κ1) is 19.8. The van der Waals surface area contributed by atoms with Gasteiger partial charge >= 0.3 is 42.3 Å². The minimum Gasteiger partial charge on any atom is -0.478 e. The number of ether oxygens (including phenoxy) is 1. The minimum absolute atomic E-state index is 0.550. The number of aromatic carboxylic acids is 5. The third-order valence-corrected chi connectivity index (χ3v) is 2.93. The van der Waals surface area contributed by atoms with Gasteiger partial charge in [-0.1, -0.05) is 0 Å². The molecule has 0 bridgehead atoms. The fraction of sp³-hybridized carbons (Fsp3) is 0. The van der Waals surface area contributed by atoms with E-state index < -0.39 is 75.7 Å². The number of carboxylic acids is 5. The molecule has 0 aliphatic heterocycles. The topological polar surface area (TPSA) is 230 Å². The van der Waals surface area contributed by atoms with Gasteiger partial charge in [-0.15, -0.1) is 0 Å². The Labute approximate surface area is 140 Å². The first-order chi connectivity index (χ1) is 12.0. The Balaban J connectivity index is 4.48. The van der Waals surface area contributed by atoms with Gasteiger partial charge in [-0.2, -0.15) is 0 Å². The Morgan fingerprint density at radius 3 is 0.962 bits per heavy atom. The highest BCUT2D eigenvalue weighted by molar-refractivity contribution is 6.23. The summed E-state index contributed by atoms with van der Waals surface area (Å²) in [6, 6.07) is 0. The molecule has 1 aromatic rings. The predicted octanol–water partition coefficient (Wildman–Crippen LogP) is -0.509. The van der Waals surface area contributed by atoms with Crippen molar-refractivity contribution in [2.24, 2.45) is 0 Å². The van der Waals surface area contributed by atoms with Crippen LogP contribution >= 0.6 is 0 Å². The molecule has 1 aromatic carbocycles. The lowest BCUT2D eigenvalue weighted by Crippen LogP contribution is -2.28. The summed E-state index contributed by atoms with van der Waals surface area (Å²) in [6.45, 7) is -0.550. The average molecular weight is 370 g/mol. The molecule has 0 aromatic heterocycles. The van der Waals surface area contributed by atoms with Gasteiger partial charge in [0.15, 0.2) is 0 Å². The van der Waals surface area contributed by atoms with Gasteiger partial charge in [0.25, 0.3) is 0 Å². The monoisotopic (exact) mass is 370 g/mol. The molecule has 13 nitrogen and oxygen atoms in total. The molecule has 136 valence electrons. The largest absolute Gasteiger partial charge is 0.478 e. The van der Waals surface area contributed by atoms with E-state index in [1.54, 1.807) is 0 Å². The smallest absolute Gasteiger partial charge is 0.347 e. The molecule has 0 saturated carbocycles. The fourth-order valence-corrected chi connectivity index (χ4v) is 2.13. The van der Waals surface area contributed by atoms with Crippen LogP contribution in [-0.2, 0) is 9.53 Å². The number of hydrogen-bond acceptors (Lipinski definition) is 8. The maximum atomic E-state index is 11.8. The lowest BCUT2D eigenvalue weighted by molar-refractivity contribution is -0.123. The molecule has 26 heavy (non-hydrogen) atoms. The molecule has 0 fully saturated rings. The van der Waals surface area contributed by atoms with E-state index in [-0.39, 0.29) is 0 Å². The number of hydrogen-bond donors (Lipinski definition) is 5. The van der Waals surface area contributed by atoms with Crippen molar-refractivity contribution >= 4 is 42.3 Å². The number of carboxylic acid groups (broad SMARTS) is 5. The van der Waals surface area contributed by atoms with Crippen LogP contribution in [0.2, 0.25) is 0 Å². The lowest BCUT2D eigenvalue weighted by Gasteiger charge is -2.16. The quantitative estimate of drug-likeness (QED) is 0.231. The number of esters is 1. The molecule has 0 saturated heterocycles. The third-order valence-electron chi connectivity index (χ3n) is 2.93. The van der Waals surface area contributed by atoms with Crippen molar-refractivity contribution in [3.8, 4) is 0 Å². The Bertz CT molecular complexity index is 839. The van der Waals surface area contributed by atoms with Gasteiger partial charge in [-0.25, -0.2) is 28.8 Å². The van der Waals surface area contributed by atoms with Gasteiger partial charge in [0.2, 0.25) is 0 Å². The minimum atomic E-state index is -2.28. The van der Waals surface area contributed by atoms with Crippen molar-refractivity contribution in [1.29, 1.82) is 0 Å². The second-order valence-electron chi connectivity index (χ2n) is 4.28. The molecule has 0 radical (unpaired) electrons.